The van der Waals surface area contributed by atoms with E-state index in [-0.39, 0.29) is 19.2 Å². The number of guanidine groups is 1. The van der Waals surface area contributed by atoms with Crippen molar-refractivity contribution >= 4 is 5.96 Å². The van der Waals surface area contributed by atoms with E-state index in [1.807, 2.05) is 6.92 Å². The lowest BCUT2D eigenvalue weighted by Crippen LogP contribution is -2.38. The Morgan fingerprint density at radius 3 is 2.60 bits per heavy atom. The van der Waals surface area contributed by atoms with Gasteiger partial charge >= 0.3 is 6.18 Å². The Labute approximate surface area is 172 Å². The molecule has 30 heavy (non-hydrogen) atoms. The number of hydrogen-bond donors (Lipinski definition) is 2. The first-order valence-electron chi connectivity index (χ1n) is 9.57. The topological polar surface area (TPSA) is 54.9 Å². The molecule has 1 aliphatic heterocycles. The number of aliphatic imine (C=N–C) groups is 1. The summed E-state index contributed by atoms with van der Waals surface area (Å²) in [5, 5.41) is 6.23. The van der Waals surface area contributed by atoms with Gasteiger partial charge in [0, 0.05) is 18.7 Å². The number of fused-ring (bicyclic) bond motifs is 1. The van der Waals surface area contributed by atoms with Crippen molar-refractivity contribution in [2.75, 3.05) is 19.9 Å². The van der Waals surface area contributed by atoms with Crippen molar-refractivity contribution in [3.63, 3.8) is 0 Å². The van der Waals surface area contributed by atoms with Crippen molar-refractivity contribution < 1.29 is 27.0 Å². The molecule has 0 fully saturated rings. The van der Waals surface area contributed by atoms with Crippen molar-refractivity contribution in [1.29, 1.82) is 0 Å². The van der Waals surface area contributed by atoms with Crippen LogP contribution >= 0.6 is 0 Å². The molecule has 2 aromatic carbocycles. The van der Waals surface area contributed by atoms with E-state index < -0.39 is 11.7 Å². The lowest BCUT2D eigenvalue weighted by atomic mass is 10.1. The minimum Gasteiger partial charge on any atom is -0.467 e. The van der Waals surface area contributed by atoms with E-state index in [0.717, 1.165) is 17.7 Å². The average molecular weight is 425 g/mol. The second-order valence-electron chi connectivity index (χ2n) is 6.73. The van der Waals surface area contributed by atoms with Crippen LogP contribution in [-0.4, -0.2) is 25.8 Å². The highest BCUT2D eigenvalue weighted by molar-refractivity contribution is 5.79. The fourth-order valence-electron chi connectivity index (χ4n) is 3.07. The number of alkyl halides is 3. The van der Waals surface area contributed by atoms with Gasteiger partial charge in [-0.25, -0.2) is 9.38 Å². The molecule has 9 heteroatoms. The molecular weight excluding hydrogens is 402 g/mol. The molecule has 0 atom stereocenters. The highest BCUT2D eigenvalue weighted by Crippen LogP contribution is 2.30. The lowest BCUT2D eigenvalue weighted by Gasteiger charge is -2.21. The van der Waals surface area contributed by atoms with Gasteiger partial charge in [0.05, 0.1) is 18.7 Å². The summed E-state index contributed by atoms with van der Waals surface area (Å²) < 4.78 is 62.5. The van der Waals surface area contributed by atoms with Crippen LogP contribution in [0.5, 0.6) is 5.75 Å². The van der Waals surface area contributed by atoms with Gasteiger partial charge in [-0.15, -0.1) is 0 Å². The van der Waals surface area contributed by atoms with Gasteiger partial charge < -0.3 is 20.1 Å². The molecule has 2 aromatic rings. The van der Waals surface area contributed by atoms with E-state index in [1.54, 1.807) is 0 Å². The number of ether oxygens (including phenoxy) is 2. The van der Waals surface area contributed by atoms with Gasteiger partial charge in [0.1, 0.15) is 11.6 Å². The van der Waals surface area contributed by atoms with E-state index in [9.17, 15) is 17.6 Å². The van der Waals surface area contributed by atoms with Crippen molar-refractivity contribution in [3.05, 3.63) is 64.5 Å². The summed E-state index contributed by atoms with van der Waals surface area (Å²) in [5.41, 5.74) is 1.39. The summed E-state index contributed by atoms with van der Waals surface area (Å²) >= 11 is 0. The predicted molar refractivity (Wildman–Crippen MR) is 105 cm³/mol. The molecule has 1 heterocycles. The Bertz CT molecular complexity index is 883. The molecule has 3 rings (SSSR count). The highest BCUT2D eigenvalue weighted by atomic mass is 19.4. The minimum absolute atomic E-state index is 0.135. The number of hydrogen-bond acceptors (Lipinski definition) is 3. The molecule has 0 bridgehead atoms. The summed E-state index contributed by atoms with van der Waals surface area (Å²) in [7, 11) is 0. The summed E-state index contributed by atoms with van der Waals surface area (Å²) in [6.45, 7) is 3.67. The third kappa shape index (κ3) is 5.85. The molecule has 5 nitrogen and oxygen atoms in total. The Morgan fingerprint density at radius 1 is 1.13 bits per heavy atom. The van der Waals surface area contributed by atoms with E-state index in [0.29, 0.717) is 49.0 Å². The molecule has 0 saturated carbocycles. The second-order valence-corrected chi connectivity index (χ2v) is 6.73. The summed E-state index contributed by atoms with van der Waals surface area (Å²) in [6, 6.07) is 7.76. The van der Waals surface area contributed by atoms with Crippen LogP contribution < -0.4 is 15.4 Å². The molecule has 0 saturated heterocycles. The maximum absolute atomic E-state index is 13.8. The third-order valence-corrected chi connectivity index (χ3v) is 4.48. The van der Waals surface area contributed by atoms with Crippen molar-refractivity contribution in [1.82, 2.24) is 10.6 Å². The standard InChI is InChI=1S/C21H23F4N3O2/c1-2-26-20(28-11-14-3-5-17(6-4-14)21(23,24)25)27-8-7-15-9-18(22)10-16-12-29-13-30-19(15)16/h3-6,9-10H,2,7-8,11-13H2,1H3,(H2,26,27,28). The van der Waals surface area contributed by atoms with E-state index in [2.05, 4.69) is 15.6 Å². The van der Waals surface area contributed by atoms with Gasteiger partial charge in [0.25, 0.3) is 0 Å². The first-order chi connectivity index (χ1) is 14.4. The maximum atomic E-state index is 13.8. The van der Waals surface area contributed by atoms with Gasteiger partial charge in [0.15, 0.2) is 12.8 Å². The van der Waals surface area contributed by atoms with E-state index >= 15 is 0 Å². The monoisotopic (exact) mass is 425 g/mol. The first-order valence-corrected chi connectivity index (χ1v) is 9.57. The summed E-state index contributed by atoms with van der Waals surface area (Å²) in [5.74, 6) is 0.823. The number of benzene rings is 2. The minimum atomic E-state index is -4.36. The van der Waals surface area contributed by atoms with Crippen LogP contribution in [0.1, 0.15) is 29.2 Å². The van der Waals surface area contributed by atoms with E-state index in [1.165, 1.54) is 24.3 Å². The van der Waals surface area contributed by atoms with Crippen LogP contribution in [0.2, 0.25) is 0 Å². The zero-order valence-corrected chi connectivity index (χ0v) is 16.5. The highest BCUT2D eigenvalue weighted by Gasteiger charge is 2.29. The fraction of sp³-hybridized carbons (Fsp3) is 0.381. The summed E-state index contributed by atoms with van der Waals surface area (Å²) in [4.78, 5) is 4.40. The molecule has 0 unspecified atom stereocenters. The largest absolute Gasteiger partial charge is 0.467 e. The molecular formula is C21H23F4N3O2. The van der Waals surface area contributed by atoms with Crippen molar-refractivity contribution in [3.8, 4) is 5.75 Å². The molecule has 0 spiro atoms. The van der Waals surface area contributed by atoms with Gasteiger partial charge in [0.2, 0.25) is 0 Å². The van der Waals surface area contributed by atoms with Crippen LogP contribution in [0.4, 0.5) is 17.6 Å². The zero-order valence-electron chi connectivity index (χ0n) is 16.5. The Balaban J connectivity index is 1.60. The number of halogens is 4. The number of nitrogens with one attached hydrogen (secondary N) is 2. The van der Waals surface area contributed by atoms with Crippen LogP contribution in [0.3, 0.4) is 0 Å². The molecule has 162 valence electrons. The molecule has 1 aliphatic rings. The molecule has 0 radical (unpaired) electrons. The Kier molecular flexibility index (Phi) is 7.15. The van der Waals surface area contributed by atoms with Crippen molar-refractivity contribution in [2.45, 2.75) is 32.7 Å². The van der Waals surface area contributed by atoms with Crippen LogP contribution in [0.25, 0.3) is 0 Å². The Morgan fingerprint density at radius 2 is 1.90 bits per heavy atom. The first kappa shape index (κ1) is 21.9. The van der Waals surface area contributed by atoms with Gasteiger partial charge in [-0.1, -0.05) is 12.1 Å². The Hall–Kier alpha value is -2.81. The molecule has 0 aromatic heterocycles. The van der Waals surface area contributed by atoms with Crippen molar-refractivity contribution in [2.24, 2.45) is 4.99 Å². The fourth-order valence-corrected chi connectivity index (χ4v) is 3.07. The SMILES string of the molecule is CCNC(=NCc1ccc(C(F)(F)F)cc1)NCCc1cc(F)cc2c1OCOC2. The quantitative estimate of drug-likeness (QED) is 0.417. The molecule has 2 N–H and O–H groups in total. The van der Waals surface area contributed by atoms with Crippen LogP contribution in [-0.2, 0) is 30.5 Å². The lowest BCUT2D eigenvalue weighted by molar-refractivity contribution is -0.137. The van der Waals surface area contributed by atoms with Gasteiger partial charge in [-0.3, -0.25) is 0 Å². The van der Waals surface area contributed by atoms with Gasteiger partial charge in [-0.05, 0) is 48.7 Å². The summed E-state index contributed by atoms with van der Waals surface area (Å²) in [6.07, 6.45) is -3.85. The van der Waals surface area contributed by atoms with Gasteiger partial charge in [-0.2, -0.15) is 13.2 Å². The normalized spacial score (nSPS) is 14.1. The third-order valence-electron chi connectivity index (χ3n) is 4.48. The van der Waals surface area contributed by atoms with Crippen LogP contribution in [0, 0.1) is 5.82 Å². The number of nitrogens with zero attached hydrogens (tertiary/aromatic N) is 1. The average Bonchev–Trinajstić information content (AvgIpc) is 2.71. The second kappa shape index (κ2) is 9.80. The molecule has 0 amide bonds. The zero-order chi connectivity index (χ0) is 21.6. The van der Waals surface area contributed by atoms with Crippen LogP contribution in [0.15, 0.2) is 41.4 Å². The maximum Gasteiger partial charge on any atom is 0.416 e. The predicted octanol–water partition coefficient (Wildman–Crippen LogP) is 4.01. The smallest absolute Gasteiger partial charge is 0.416 e. The number of rotatable bonds is 6. The molecule has 0 aliphatic carbocycles. The van der Waals surface area contributed by atoms with E-state index in [4.69, 9.17) is 9.47 Å².